The van der Waals surface area contributed by atoms with Gasteiger partial charge in [-0.1, -0.05) is 53.5 Å². The number of amides is 2. The number of hydrogen-bond acceptors (Lipinski definition) is 2. The largest absolute Gasteiger partial charge is 0.274 e. The molecule has 1 aliphatic heterocycles. The van der Waals surface area contributed by atoms with Gasteiger partial charge < -0.3 is 0 Å². The van der Waals surface area contributed by atoms with Gasteiger partial charge in [0.1, 0.15) is 0 Å². The lowest BCUT2D eigenvalue weighted by Gasteiger charge is -2.19. The minimum Gasteiger partial charge on any atom is -0.274 e. The molecule has 22 heavy (non-hydrogen) atoms. The predicted molar refractivity (Wildman–Crippen MR) is 85.1 cm³/mol. The van der Waals surface area contributed by atoms with Gasteiger partial charge in [-0.05, 0) is 23.8 Å². The molecule has 0 bridgehead atoms. The molecule has 2 aliphatic rings. The standard InChI is InChI=1S/C17H11Cl2NO2/c18-10-6-11(19)8-12(7-10)20-16(21)14-13(15(14)17(20)22)9-4-2-1-3-5-9/h1-8,13-15H. The van der Waals surface area contributed by atoms with E-state index in [1.807, 2.05) is 30.3 Å². The van der Waals surface area contributed by atoms with Crippen molar-refractivity contribution in [3.05, 3.63) is 64.1 Å². The van der Waals surface area contributed by atoms with E-state index < -0.39 is 0 Å². The van der Waals surface area contributed by atoms with Gasteiger partial charge in [0.05, 0.1) is 17.5 Å². The number of halogens is 2. The van der Waals surface area contributed by atoms with Crippen LogP contribution in [0.4, 0.5) is 5.69 Å². The fourth-order valence-corrected chi connectivity index (χ4v) is 3.86. The summed E-state index contributed by atoms with van der Waals surface area (Å²) in [6.45, 7) is 0. The van der Waals surface area contributed by atoms with Crippen molar-refractivity contribution in [2.24, 2.45) is 11.8 Å². The molecule has 5 heteroatoms. The monoisotopic (exact) mass is 331 g/mol. The molecule has 110 valence electrons. The van der Waals surface area contributed by atoms with Gasteiger partial charge in [0.25, 0.3) is 0 Å². The molecular weight excluding hydrogens is 321 g/mol. The Morgan fingerprint density at radius 1 is 0.773 bits per heavy atom. The molecule has 0 aromatic heterocycles. The fraction of sp³-hybridized carbons (Fsp3) is 0.176. The van der Waals surface area contributed by atoms with Crippen molar-refractivity contribution >= 4 is 40.7 Å². The Bertz CT molecular complexity index is 748. The zero-order valence-electron chi connectivity index (χ0n) is 11.4. The summed E-state index contributed by atoms with van der Waals surface area (Å²) >= 11 is 11.9. The highest BCUT2D eigenvalue weighted by Gasteiger charge is 2.67. The SMILES string of the molecule is O=C1C2C(C(=O)N1c1cc(Cl)cc(Cl)c1)C2c1ccccc1. The summed E-state index contributed by atoms with van der Waals surface area (Å²) in [6.07, 6.45) is 0. The maximum atomic E-state index is 12.6. The first-order chi connectivity index (χ1) is 10.6. The van der Waals surface area contributed by atoms with Crippen molar-refractivity contribution in [3.8, 4) is 0 Å². The lowest BCUT2D eigenvalue weighted by Crippen LogP contribution is -2.34. The summed E-state index contributed by atoms with van der Waals surface area (Å²) in [5, 5.41) is 0.812. The highest BCUT2D eigenvalue weighted by Crippen LogP contribution is 2.60. The molecule has 2 aromatic rings. The highest BCUT2D eigenvalue weighted by molar-refractivity contribution is 6.36. The average molecular weight is 332 g/mol. The Hall–Kier alpha value is -1.84. The molecule has 1 aliphatic carbocycles. The van der Waals surface area contributed by atoms with Crippen molar-refractivity contribution in [2.45, 2.75) is 5.92 Å². The molecule has 0 N–H and O–H groups in total. The van der Waals surface area contributed by atoms with Gasteiger partial charge >= 0.3 is 0 Å². The molecule has 3 nitrogen and oxygen atoms in total. The zero-order valence-corrected chi connectivity index (χ0v) is 12.9. The number of carbonyl (C=O) groups excluding carboxylic acids is 2. The second-order valence-electron chi connectivity index (χ2n) is 5.63. The molecule has 2 fully saturated rings. The smallest absolute Gasteiger partial charge is 0.238 e. The van der Waals surface area contributed by atoms with Crippen molar-refractivity contribution in [2.75, 3.05) is 4.90 Å². The maximum absolute atomic E-state index is 12.6. The highest BCUT2D eigenvalue weighted by atomic mass is 35.5. The van der Waals surface area contributed by atoms with Gasteiger partial charge in [-0.15, -0.1) is 0 Å². The second kappa shape index (κ2) is 4.83. The number of hydrogen-bond donors (Lipinski definition) is 0. The minimum absolute atomic E-state index is 0.00658. The molecule has 2 unspecified atom stereocenters. The van der Waals surface area contributed by atoms with Crippen LogP contribution in [0.1, 0.15) is 11.5 Å². The van der Waals surface area contributed by atoms with Crippen LogP contribution >= 0.6 is 23.2 Å². The van der Waals surface area contributed by atoms with Crippen molar-refractivity contribution < 1.29 is 9.59 Å². The minimum atomic E-state index is -0.257. The van der Waals surface area contributed by atoms with Crippen molar-refractivity contribution in [1.29, 1.82) is 0 Å². The number of nitrogens with zero attached hydrogens (tertiary/aromatic N) is 1. The number of carbonyl (C=O) groups is 2. The zero-order chi connectivity index (χ0) is 15.4. The van der Waals surface area contributed by atoms with Gasteiger partial charge in [0.2, 0.25) is 11.8 Å². The van der Waals surface area contributed by atoms with E-state index in [-0.39, 0.29) is 29.6 Å². The van der Waals surface area contributed by atoms with E-state index in [0.717, 1.165) is 5.56 Å². The third-order valence-corrected chi connectivity index (χ3v) is 4.76. The Morgan fingerprint density at radius 2 is 1.32 bits per heavy atom. The summed E-state index contributed by atoms with van der Waals surface area (Å²) in [4.78, 5) is 26.4. The van der Waals surface area contributed by atoms with Crippen LogP contribution in [0.5, 0.6) is 0 Å². The Balaban J connectivity index is 1.66. The van der Waals surface area contributed by atoms with Gasteiger partial charge in [-0.3, -0.25) is 9.59 Å². The molecule has 0 radical (unpaired) electrons. The quantitative estimate of drug-likeness (QED) is 0.782. The lowest BCUT2D eigenvalue weighted by atomic mass is 10.1. The Labute approximate surface area is 137 Å². The summed E-state index contributed by atoms with van der Waals surface area (Å²) in [6, 6.07) is 14.4. The topological polar surface area (TPSA) is 37.4 Å². The number of piperidine rings is 1. The van der Waals surface area contributed by atoms with Crippen LogP contribution in [-0.2, 0) is 9.59 Å². The molecule has 1 heterocycles. The van der Waals surface area contributed by atoms with E-state index in [0.29, 0.717) is 15.7 Å². The van der Waals surface area contributed by atoms with Gasteiger partial charge in [0, 0.05) is 16.0 Å². The van der Waals surface area contributed by atoms with Crippen molar-refractivity contribution in [1.82, 2.24) is 0 Å². The predicted octanol–water partition coefficient (Wildman–Crippen LogP) is 3.90. The Morgan fingerprint density at radius 3 is 1.86 bits per heavy atom. The summed E-state index contributed by atoms with van der Waals surface area (Å²) in [7, 11) is 0. The first kappa shape index (κ1) is 13.8. The third-order valence-electron chi connectivity index (χ3n) is 4.32. The lowest BCUT2D eigenvalue weighted by molar-refractivity contribution is -0.123. The normalized spacial score (nSPS) is 26.3. The third kappa shape index (κ3) is 1.97. The van der Waals surface area contributed by atoms with Gasteiger partial charge in [-0.25, -0.2) is 4.90 Å². The molecule has 4 rings (SSSR count). The number of fused-ring (bicyclic) bond motifs is 1. The van der Waals surface area contributed by atoms with Crippen molar-refractivity contribution in [3.63, 3.8) is 0 Å². The van der Waals surface area contributed by atoms with Crippen LogP contribution in [0.15, 0.2) is 48.5 Å². The molecule has 0 spiro atoms. The first-order valence-corrected chi connectivity index (χ1v) is 7.72. The maximum Gasteiger partial charge on any atom is 0.238 e. The Kier molecular flexibility index (Phi) is 3.03. The van der Waals surface area contributed by atoms with Crippen LogP contribution in [0.25, 0.3) is 0 Å². The van der Waals surface area contributed by atoms with Gasteiger partial charge in [0.15, 0.2) is 0 Å². The number of benzene rings is 2. The van der Waals surface area contributed by atoms with Crippen LogP contribution in [-0.4, -0.2) is 11.8 Å². The van der Waals surface area contributed by atoms with E-state index in [9.17, 15) is 9.59 Å². The van der Waals surface area contributed by atoms with Crippen LogP contribution in [0.3, 0.4) is 0 Å². The van der Waals surface area contributed by atoms with E-state index >= 15 is 0 Å². The molecule has 1 saturated heterocycles. The van der Waals surface area contributed by atoms with E-state index in [4.69, 9.17) is 23.2 Å². The average Bonchev–Trinajstić information content (AvgIpc) is 3.16. The van der Waals surface area contributed by atoms with E-state index in [2.05, 4.69) is 0 Å². The summed E-state index contributed by atoms with van der Waals surface area (Å²) in [5.41, 5.74) is 1.49. The summed E-state index contributed by atoms with van der Waals surface area (Å²) < 4.78 is 0. The number of anilines is 1. The molecule has 2 aromatic carbocycles. The molecule has 2 atom stereocenters. The molecule has 2 amide bonds. The fourth-order valence-electron chi connectivity index (χ4n) is 3.34. The van der Waals surface area contributed by atoms with Crippen LogP contribution < -0.4 is 4.90 Å². The van der Waals surface area contributed by atoms with Crippen LogP contribution in [0, 0.1) is 11.8 Å². The van der Waals surface area contributed by atoms with E-state index in [1.54, 1.807) is 18.2 Å². The summed E-state index contributed by atoms with van der Waals surface area (Å²) in [5.74, 6) is -0.836. The second-order valence-corrected chi connectivity index (χ2v) is 6.50. The molecule has 1 saturated carbocycles. The first-order valence-electron chi connectivity index (χ1n) is 6.97. The van der Waals surface area contributed by atoms with Gasteiger partial charge in [-0.2, -0.15) is 0 Å². The van der Waals surface area contributed by atoms with Crippen LogP contribution in [0.2, 0.25) is 10.0 Å². The number of rotatable bonds is 2. The van der Waals surface area contributed by atoms with E-state index in [1.165, 1.54) is 4.90 Å². The number of imide groups is 1. The molecular formula is C17H11Cl2NO2.